The Morgan fingerprint density at radius 1 is 1.31 bits per heavy atom. The lowest BCUT2D eigenvalue weighted by Gasteiger charge is -1.99. The quantitative estimate of drug-likeness (QED) is 0.751. The molecule has 0 aliphatic carbocycles. The standard InChI is InChI=1S/C10H10N2S/c1-7-4-5-13-10(7)8-2-3-9(11)12-6-8/h2-6H,1H3,(H2,11,12). The molecule has 0 saturated heterocycles. The van der Waals surface area contributed by atoms with Gasteiger partial charge in [-0.15, -0.1) is 11.3 Å². The SMILES string of the molecule is Cc1ccsc1-c1ccc(N)nc1. The van der Waals surface area contributed by atoms with Crippen molar-refractivity contribution < 1.29 is 0 Å². The van der Waals surface area contributed by atoms with Gasteiger partial charge in [-0.3, -0.25) is 0 Å². The van der Waals surface area contributed by atoms with Gasteiger partial charge < -0.3 is 5.73 Å². The van der Waals surface area contributed by atoms with Crippen LogP contribution in [0.25, 0.3) is 10.4 Å². The molecule has 2 aromatic heterocycles. The monoisotopic (exact) mass is 190 g/mol. The summed E-state index contributed by atoms with van der Waals surface area (Å²) < 4.78 is 0. The molecule has 0 fully saturated rings. The van der Waals surface area contributed by atoms with Crippen molar-refractivity contribution >= 4 is 17.2 Å². The number of nitrogens with zero attached hydrogens (tertiary/aromatic N) is 1. The summed E-state index contributed by atoms with van der Waals surface area (Å²) in [6, 6.07) is 5.94. The number of nitrogens with two attached hydrogens (primary N) is 1. The lowest BCUT2D eigenvalue weighted by Crippen LogP contribution is -1.88. The second-order valence-corrected chi connectivity index (χ2v) is 3.82. The molecule has 0 amide bonds. The number of thiophene rings is 1. The molecule has 66 valence electrons. The minimum Gasteiger partial charge on any atom is -0.384 e. The van der Waals surface area contributed by atoms with Crippen LogP contribution in [0.3, 0.4) is 0 Å². The molecule has 2 nitrogen and oxygen atoms in total. The molecule has 2 heterocycles. The average Bonchev–Trinajstić information content (AvgIpc) is 2.53. The largest absolute Gasteiger partial charge is 0.384 e. The summed E-state index contributed by atoms with van der Waals surface area (Å²) in [5, 5.41) is 2.08. The van der Waals surface area contributed by atoms with Crippen LogP contribution < -0.4 is 5.73 Å². The Kier molecular flexibility index (Phi) is 2.02. The lowest BCUT2D eigenvalue weighted by molar-refractivity contribution is 1.34. The van der Waals surface area contributed by atoms with Gasteiger partial charge in [0.25, 0.3) is 0 Å². The third-order valence-electron chi connectivity index (χ3n) is 1.91. The van der Waals surface area contributed by atoms with Crippen molar-refractivity contribution in [2.24, 2.45) is 0 Å². The molecular weight excluding hydrogens is 180 g/mol. The van der Waals surface area contributed by atoms with E-state index in [9.17, 15) is 0 Å². The van der Waals surface area contributed by atoms with Crippen molar-refractivity contribution in [3.05, 3.63) is 35.3 Å². The van der Waals surface area contributed by atoms with Gasteiger partial charge in [0, 0.05) is 16.6 Å². The van der Waals surface area contributed by atoms with Crippen molar-refractivity contribution in [1.82, 2.24) is 4.98 Å². The maximum Gasteiger partial charge on any atom is 0.123 e. The first-order valence-electron chi connectivity index (χ1n) is 4.03. The minimum absolute atomic E-state index is 0.568. The Labute approximate surface area is 81.1 Å². The molecule has 0 unspecified atom stereocenters. The molecule has 3 heteroatoms. The zero-order valence-corrected chi connectivity index (χ0v) is 8.14. The number of hydrogen-bond donors (Lipinski definition) is 1. The van der Waals surface area contributed by atoms with Crippen LogP contribution in [0.2, 0.25) is 0 Å². The second-order valence-electron chi connectivity index (χ2n) is 2.90. The Balaban J connectivity index is 2.47. The Hall–Kier alpha value is -1.35. The number of nitrogen functional groups attached to an aromatic ring is 1. The van der Waals surface area contributed by atoms with Gasteiger partial charge in [-0.25, -0.2) is 4.98 Å². The van der Waals surface area contributed by atoms with Crippen molar-refractivity contribution in [3.63, 3.8) is 0 Å². The van der Waals surface area contributed by atoms with E-state index in [1.165, 1.54) is 10.4 Å². The molecule has 2 aromatic rings. The number of aryl methyl sites for hydroxylation is 1. The highest BCUT2D eigenvalue weighted by molar-refractivity contribution is 7.13. The van der Waals surface area contributed by atoms with E-state index in [2.05, 4.69) is 23.4 Å². The van der Waals surface area contributed by atoms with Crippen LogP contribution in [0.5, 0.6) is 0 Å². The molecule has 0 aliphatic heterocycles. The smallest absolute Gasteiger partial charge is 0.123 e. The summed E-state index contributed by atoms with van der Waals surface area (Å²) in [5.41, 5.74) is 7.94. The highest BCUT2D eigenvalue weighted by Gasteiger charge is 2.02. The van der Waals surface area contributed by atoms with Crippen molar-refractivity contribution in [1.29, 1.82) is 0 Å². The van der Waals surface area contributed by atoms with Crippen LogP contribution in [0, 0.1) is 6.92 Å². The van der Waals surface area contributed by atoms with Gasteiger partial charge in [-0.1, -0.05) is 0 Å². The zero-order chi connectivity index (χ0) is 9.26. The maximum absolute atomic E-state index is 5.51. The van der Waals surface area contributed by atoms with Crippen LogP contribution in [-0.4, -0.2) is 4.98 Å². The lowest BCUT2D eigenvalue weighted by atomic mass is 10.2. The number of rotatable bonds is 1. The Morgan fingerprint density at radius 3 is 2.69 bits per heavy atom. The van der Waals surface area contributed by atoms with E-state index in [1.807, 2.05) is 18.3 Å². The predicted octanol–water partition coefficient (Wildman–Crippen LogP) is 2.70. The summed E-state index contributed by atoms with van der Waals surface area (Å²) in [4.78, 5) is 5.33. The van der Waals surface area contributed by atoms with Gasteiger partial charge in [0.2, 0.25) is 0 Å². The summed E-state index contributed by atoms with van der Waals surface area (Å²) in [6.45, 7) is 2.10. The summed E-state index contributed by atoms with van der Waals surface area (Å²) in [7, 11) is 0. The molecule has 13 heavy (non-hydrogen) atoms. The van der Waals surface area contributed by atoms with Gasteiger partial charge in [-0.05, 0) is 36.1 Å². The topological polar surface area (TPSA) is 38.9 Å². The molecule has 0 spiro atoms. The molecule has 0 bridgehead atoms. The third-order valence-corrected chi connectivity index (χ3v) is 2.98. The van der Waals surface area contributed by atoms with Crippen molar-refractivity contribution in [3.8, 4) is 10.4 Å². The second kappa shape index (κ2) is 3.18. The van der Waals surface area contributed by atoms with E-state index in [1.54, 1.807) is 11.3 Å². The summed E-state index contributed by atoms with van der Waals surface area (Å²) >= 11 is 1.73. The molecular formula is C10H10N2S. The zero-order valence-electron chi connectivity index (χ0n) is 7.32. The van der Waals surface area contributed by atoms with Crippen LogP contribution >= 0.6 is 11.3 Å². The fourth-order valence-corrected chi connectivity index (χ4v) is 2.13. The third kappa shape index (κ3) is 1.55. The molecule has 0 radical (unpaired) electrons. The van der Waals surface area contributed by atoms with Crippen molar-refractivity contribution in [2.45, 2.75) is 6.92 Å². The number of pyridine rings is 1. The van der Waals surface area contributed by atoms with Crippen LogP contribution in [-0.2, 0) is 0 Å². The fraction of sp³-hybridized carbons (Fsp3) is 0.100. The molecule has 2 N–H and O–H groups in total. The highest BCUT2D eigenvalue weighted by atomic mass is 32.1. The Morgan fingerprint density at radius 2 is 2.15 bits per heavy atom. The first kappa shape index (κ1) is 8.26. The molecule has 0 atom stereocenters. The van der Waals surface area contributed by atoms with E-state index in [-0.39, 0.29) is 0 Å². The van der Waals surface area contributed by atoms with E-state index in [0.29, 0.717) is 5.82 Å². The normalized spacial score (nSPS) is 10.2. The molecule has 2 rings (SSSR count). The van der Waals surface area contributed by atoms with Crippen LogP contribution in [0.4, 0.5) is 5.82 Å². The average molecular weight is 190 g/mol. The van der Waals surface area contributed by atoms with E-state index < -0.39 is 0 Å². The van der Waals surface area contributed by atoms with Gasteiger partial charge >= 0.3 is 0 Å². The van der Waals surface area contributed by atoms with Gasteiger partial charge in [-0.2, -0.15) is 0 Å². The predicted molar refractivity (Wildman–Crippen MR) is 56.7 cm³/mol. The summed E-state index contributed by atoms with van der Waals surface area (Å²) in [6.07, 6.45) is 1.81. The highest BCUT2D eigenvalue weighted by Crippen LogP contribution is 2.28. The number of hydrogen-bond acceptors (Lipinski definition) is 3. The molecule has 0 saturated carbocycles. The van der Waals surface area contributed by atoms with E-state index in [4.69, 9.17) is 5.73 Å². The molecule has 0 aromatic carbocycles. The van der Waals surface area contributed by atoms with Gasteiger partial charge in [0.15, 0.2) is 0 Å². The van der Waals surface area contributed by atoms with Gasteiger partial charge in [0.1, 0.15) is 5.82 Å². The maximum atomic E-state index is 5.51. The van der Waals surface area contributed by atoms with Crippen LogP contribution in [0.15, 0.2) is 29.8 Å². The Bertz CT molecular complexity index is 403. The molecule has 0 aliphatic rings. The van der Waals surface area contributed by atoms with Crippen molar-refractivity contribution in [2.75, 3.05) is 5.73 Å². The first-order chi connectivity index (χ1) is 6.27. The van der Waals surface area contributed by atoms with E-state index >= 15 is 0 Å². The minimum atomic E-state index is 0.568. The number of anilines is 1. The fourth-order valence-electron chi connectivity index (χ4n) is 1.21. The van der Waals surface area contributed by atoms with Gasteiger partial charge in [0.05, 0.1) is 0 Å². The first-order valence-corrected chi connectivity index (χ1v) is 4.91. The summed E-state index contributed by atoms with van der Waals surface area (Å²) in [5.74, 6) is 0.568. The number of aromatic nitrogens is 1. The van der Waals surface area contributed by atoms with E-state index in [0.717, 1.165) is 5.56 Å². The van der Waals surface area contributed by atoms with Crippen LogP contribution in [0.1, 0.15) is 5.56 Å².